The second-order valence-electron chi connectivity index (χ2n) is 6.79. The van der Waals surface area contributed by atoms with E-state index in [0.717, 1.165) is 19.3 Å². The smallest absolute Gasteiger partial charge is 0.303 e. The van der Waals surface area contributed by atoms with Crippen LogP contribution in [0.5, 0.6) is 0 Å². The third-order valence-corrected chi connectivity index (χ3v) is 4.34. The van der Waals surface area contributed by atoms with Crippen molar-refractivity contribution in [1.82, 2.24) is 0 Å². The van der Waals surface area contributed by atoms with E-state index >= 15 is 0 Å². The SMILES string of the molecule is CCCCCCCC/C=C/C/C=C/CCCCCCCCC(=O)O. The van der Waals surface area contributed by atoms with E-state index < -0.39 is 5.97 Å². The van der Waals surface area contributed by atoms with E-state index in [4.69, 9.17) is 5.11 Å². The lowest BCUT2D eigenvalue weighted by molar-refractivity contribution is -0.137. The highest BCUT2D eigenvalue weighted by Gasteiger charge is 1.96. The molecule has 0 aliphatic rings. The number of carbonyl (C=O) groups is 1. The van der Waals surface area contributed by atoms with Gasteiger partial charge in [0.05, 0.1) is 0 Å². The summed E-state index contributed by atoms with van der Waals surface area (Å²) < 4.78 is 0. The number of hydrogen-bond acceptors (Lipinski definition) is 1. The molecule has 2 nitrogen and oxygen atoms in total. The highest BCUT2D eigenvalue weighted by Crippen LogP contribution is 2.09. The Morgan fingerprint density at radius 3 is 1.62 bits per heavy atom. The third-order valence-electron chi connectivity index (χ3n) is 4.34. The van der Waals surface area contributed by atoms with Gasteiger partial charge < -0.3 is 5.11 Å². The molecule has 0 atom stereocenters. The maximum absolute atomic E-state index is 10.4. The van der Waals surface area contributed by atoms with Crippen molar-refractivity contribution in [2.45, 2.75) is 110 Å². The highest BCUT2D eigenvalue weighted by atomic mass is 16.4. The number of unbranched alkanes of at least 4 members (excludes halogenated alkanes) is 12. The van der Waals surface area contributed by atoms with Crippen LogP contribution in [0, 0.1) is 0 Å². The Morgan fingerprint density at radius 2 is 1.12 bits per heavy atom. The first-order valence-electron chi connectivity index (χ1n) is 10.3. The Bertz CT molecular complexity index is 318. The summed E-state index contributed by atoms with van der Waals surface area (Å²) in [5.41, 5.74) is 0. The summed E-state index contributed by atoms with van der Waals surface area (Å²) in [5.74, 6) is -0.666. The second-order valence-corrected chi connectivity index (χ2v) is 6.79. The topological polar surface area (TPSA) is 37.3 Å². The largest absolute Gasteiger partial charge is 0.481 e. The Kier molecular flexibility index (Phi) is 19.1. The van der Waals surface area contributed by atoms with E-state index in [2.05, 4.69) is 31.2 Å². The van der Waals surface area contributed by atoms with Gasteiger partial charge in [-0.2, -0.15) is 0 Å². The number of aliphatic carboxylic acids is 1. The molecule has 0 radical (unpaired) electrons. The van der Waals surface area contributed by atoms with Gasteiger partial charge in [-0.1, -0.05) is 89.0 Å². The van der Waals surface area contributed by atoms with Gasteiger partial charge in [0.2, 0.25) is 0 Å². The minimum atomic E-state index is -0.666. The van der Waals surface area contributed by atoms with Gasteiger partial charge >= 0.3 is 5.97 Å². The standard InChI is InChI=1S/C22H40O2/c1-2-3-4-5-6-7-8-9-10-11-12-13-14-15-16-17-18-19-20-21-22(23)24/h9-10,12-13H,2-8,11,14-21H2,1H3,(H,23,24)/b10-9+,13-12+. The molecule has 24 heavy (non-hydrogen) atoms. The molecule has 0 amide bonds. The predicted molar refractivity (Wildman–Crippen MR) is 105 cm³/mol. The maximum Gasteiger partial charge on any atom is 0.303 e. The van der Waals surface area contributed by atoms with Crippen LogP contribution in [0.3, 0.4) is 0 Å². The molecule has 0 aromatic carbocycles. The quantitative estimate of drug-likeness (QED) is 0.208. The first-order valence-corrected chi connectivity index (χ1v) is 10.3. The fraction of sp³-hybridized carbons (Fsp3) is 0.773. The van der Waals surface area contributed by atoms with Crippen molar-refractivity contribution in [1.29, 1.82) is 0 Å². The molecule has 0 aromatic heterocycles. The molecule has 0 saturated heterocycles. The van der Waals surface area contributed by atoms with Gasteiger partial charge in [0.1, 0.15) is 0 Å². The fourth-order valence-electron chi connectivity index (χ4n) is 2.79. The fourth-order valence-corrected chi connectivity index (χ4v) is 2.79. The number of carboxylic acids is 1. The van der Waals surface area contributed by atoms with Crippen LogP contribution in [-0.4, -0.2) is 11.1 Å². The zero-order valence-corrected chi connectivity index (χ0v) is 16.0. The zero-order chi connectivity index (χ0) is 17.7. The average Bonchev–Trinajstić information content (AvgIpc) is 2.56. The lowest BCUT2D eigenvalue weighted by Gasteiger charge is -1.99. The van der Waals surface area contributed by atoms with E-state index in [0.29, 0.717) is 6.42 Å². The molecule has 0 heterocycles. The molecular weight excluding hydrogens is 296 g/mol. The Balaban J connectivity index is 3.18. The number of rotatable bonds is 18. The van der Waals surface area contributed by atoms with Crippen LogP contribution in [-0.2, 0) is 4.79 Å². The molecule has 0 spiro atoms. The van der Waals surface area contributed by atoms with Gasteiger partial charge in [0, 0.05) is 6.42 Å². The summed E-state index contributed by atoms with van der Waals surface area (Å²) in [5, 5.41) is 8.54. The second kappa shape index (κ2) is 20.0. The minimum absolute atomic E-state index is 0.328. The van der Waals surface area contributed by atoms with Crippen LogP contribution < -0.4 is 0 Å². The summed E-state index contributed by atoms with van der Waals surface area (Å²) in [6.07, 6.45) is 28.2. The zero-order valence-electron chi connectivity index (χ0n) is 16.0. The summed E-state index contributed by atoms with van der Waals surface area (Å²) in [6.45, 7) is 2.27. The van der Waals surface area contributed by atoms with Gasteiger partial charge in [-0.15, -0.1) is 0 Å². The van der Waals surface area contributed by atoms with Gasteiger partial charge in [0.15, 0.2) is 0 Å². The molecule has 0 aliphatic carbocycles. The van der Waals surface area contributed by atoms with E-state index in [1.165, 1.54) is 77.0 Å². The molecule has 0 fully saturated rings. The van der Waals surface area contributed by atoms with Crippen LogP contribution in [0.4, 0.5) is 0 Å². The molecular formula is C22H40O2. The number of hydrogen-bond donors (Lipinski definition) is 1. The lowest BCUT2D eigenvalue weighted by Crippen LogP contribution is -1.93. The highest BCUT2D eigenvalue weighted by molar-refractivity contribution is 5.66. The molecule has 0 saturated carbocycles. The summed E-state index contributed by atoms with van der Waals surface area (Å²) in [7, 11) is 0. The normalized spacial score (nSPS) is 11.7. The monoisotopic (exact) mass is 336 g/mol. The molecule has 0 bridgehead atoms. The number of allylic oxidation sites excluding steroid dienone is 4. The Labute approximate surface area is 150 Å². The van der Waals surface area contributed by atoms with Crippen molar-refractivity contribution in [2.24, 2.45) is 0 Å². The van der Waals surface area contributed by atoms with Crippen LogP contribution in [0.25, 0.3) is 0 Å². The summed E-state index contributed by atoms with van der Waals surface area (Å²) in [6, 6.07) is 0. The van der Waals surface area contributed by atoms with E-state index in [-0.39, 0.29) is 0 Å². The lowest BCUT2D eigenvalue weighted by atomic mass is 10.1. The van der Waals surface area contributed by atoms with Crippen LogP contribution in [0.1, 0.15) is 110 Å². The van der Waals surface area contributed by atoms with E-state index in [1.807, 2.05) is 0 Å². The maximum atomic E-state index is 10.4. The number of carboxylic acid groups (broad SMARTS) is 1. The van der Waals surface area contributed by atoms with E-state index in [1.54, 1.807) is 0 Å². The van der Waals surface area contributed by atoms with Gasteiger partial charge in [-0.25, -0.2) is 0 Å². The van der Waals surface area contributed by atoms with Crippen molar-refractivity contribution >= 4 is 5.97 Å². The molecule has 0 unspecified atom stereocenters. The molecule has 1 N–H and O–H groups in total. The van der Waals surface area contributed by atoms with Crippen molar-refractivity contribution in [2.75, 3.05) is 0 Å². The molecule has 2 heteroatoms. The summed E-state index contributed by atoms with van der Waals surface area (Å²) in [4.78, 5) is 10.4. The minimum Gasteiger partial charge on any atom is -0.481 e. The average molecular weight is 337 g/mol. The Morgan fingerprint density at radius 1 is 0.667 bits per heavy atom. The van der Waals surface area contributed by atoms with Crippen molar-refractivity contribution < 1.29 is 9.90 Å². The van der Waals surface area contributed by atoms with Crippen molar-refractivity contribution in [3.63, 3.8) is 0 Å². The van der Waals surface area contributed by atoms with Crippen LogP contribution in [0.2, 0.25) is 0 Å². The molecule has 0 aliphatic heterocycles. The molecule has 140 valence electrons. The molecule has 0 rings (SSSR count). The molecule has 0 aromatic rings. The first-order chi connectivity index (χ1) is 11.8. The summed E-state index contributed by atoms with van der Waals surface area (Å²) >= 11 is 0. The van der Waals surface area contributed by atoms with Crippen molar-refractivity contribution in [3.8, 4) is 0 Å². The predicted octanol–water partition coefficient (Wildman–Crippen LogP) is 7.44. The van der Waals surface area contributed by atoms with Crippen LogP contribution in [0.15, 0.2) is 24.3 Å². The van der Waals surface area contributed by atoms with Gasteiger partial charge in [-0.05, 0) is 38.5 Å². The Hall–Kier alpha value is -1.05. The van der Waals surface area contributed by atoms with Crippen LogP contribution >= 0.6 is 0 Å². The van der Waals surface area contributed by atoms with Gasteiger partial charge in [-0.3, -0.25) is 4.79 Å². The van der Waals surface area contributed by atoms with Gasteiger partial charge in [0.25, 0.3) is 0 Å². The van der Waals surface area contributed by atoms with Crippen molar-refractivity contribution in [3.05, 3.63) is 24.3 Å². The first kappa shape index (κ1) is 22.9. The third kappa shape index (κ3) is 20.9. The van der Waals surface area contributed by atoms with E-state index in [9.17, 15) is 4.79 Å².